The first-order valence-electron chi connectivity index (χ1n) is 13.3. The van der Waals surface area contributed by atoms with Gasteiger partial charge >= 0.3 is 0 Å². The van der Waals surface area contributed by atoms with Gasteiger partial charge in [0.2, 0.25) is 11.8 Å². The quantitative estimate of drug-likeness (QED) is 0.263. The Balaban J connectivity index is 1.25. The summed E-state index contributed by atoms with van der Waals surface area (Å²) in [4.78, 5) is 36.8. The van der Waals surface area contributed by atoms with E-state index in [1.807, 2.05) is 6.92 Å². The van der Waals surface area contributed by atoms with Gasteiger partial charge in [0.1, 0.15) is 18.7 Å². The van der Waals surface area contributed by atoms with Gasteiger partial charge in [0, 0.05) is 55.0 Å². The maximum absolute atomic E-state index is 15.1. The lowest BCUT2D eigenvalue weighted by Crippen LogP contribution is -2.40. The van der Waals surface area contributed by atoms with E-state index in [0.717, 1.165) is 5.69 Å². The van der Waals surface area contributed by atoms with Gasteiger partial charge in [-0.25, -0.2) is 14.4 Å². The van der Waals surface area contributed by atoms with Crippen LogP contribution in [0.2, 0.25) is 0 Å². The maximum Gasteiger partial charge on any atom is 0.230 e. The molecule has 2 atom stereocenters. The predicted molar refractivity (Wildman–Crippen MR) is 147 cm³/mol. The van der Waals surface area contributed by atoms with Crippen molar-refractivity contribution in [2.24, 2.45) is 0 Å². The Morgan fingerprint density at radius 3 is 2.61 bits per heavy atom. The Labute approximate surface area is 234 Å². The van der Waals surface area contributed by atoms with Crippen LogP contribution in [0.3, 0.4) is 0 Å². The molecule has 0 saturated carbocycles. The van der Waals surface area contributed by atoms with Crippen molar-refractivity contribution in [1.29, 1.82) is 0 Å². The van der Waals surface area contributed by atoms with Crippen molar-refractivity contribution in [2.75, 3.05) is 26.8 Å². The molecule has 0 spiro atoms. The molecule has 0 bridgehead atoms. The van der Waals surface area contributed by atoms with Crippen molar-refractivity contribution in [2.45, 2.75) is 44.8 Å². The Hall–Kier alpha value is -4.29. The average Bonchev–Trinajstić information content (AvgIpc) is 3.34. The van der Waals surface area contributed by atoms with Crippen molar-refractivity contribution >= 4 is 33.5 Å². The van der Waals surface area contributed by atoms with Crippen molar-refractivity contribution in [3.05, 3.63) is 48.2 Å². The number of carbonyl (C=O) groups is 2. The summed E-state index contributed by atoms with van der Waals surface area (Å²) in [5.74, 6) is 0.0602. The monoisotopic (exact) mass is 566 g/mol. The molecule has 1 aliphatic rings. The third-order valence-corrected chi connectivity index (χ3v) is 6.99. The van der Waals surface area contributed by atoms with E-state index in [1.165, 1.54) is 19.5 Å². The molecule has 0 aliphatic carbocycles. The van der Waals surface area contributed by atoms with Gasteiger partial charge in [0.05, 0.1) is 36.6 Å². The fourth-order valence-electron chi connectivity index (χ4n) is 4.85. The summed E-state index contributed by atoms with van der Waals surface area (Å²) in [5, 5.41) is 21.6. The number of ether oxygens (including phenoxy) is 3. The number of benzene rings is 2. The van der Waals surface area contributed by atoms with E-state index < -0.39 is 18.0 Å². The van der Waals surface area contributed by atoms with Gasteiger partial charge in [-0.2, -0.15) is 0 Å². The molecule has 1 amide bonds. The molecule has 5 rings (SSSR count). The molecule has 4 aromatic rings. The number of likely N-dealkylation sites (tertiary alicyclic amines) is 1. The van der Waals surface area contributed by atoms with Gasteiger partial charge in [-0.15, -0.1) is 0 Å². The number of nitrogens with zero attached hydrogens (tertiary/aromatic N) is 3. The fourth-order valence-corrected chi connectivity index (χ4v) is 4.85. The number of carbonyl (C=O) groups excluding carboxylic acids is 2. The minimum atomic E-state index is -1.07. The number of methoxy groups -OCH3 is 1. The molecule has 1 saturated heterocycles. The van der Waals surface area contributed by atoms with Crippen molar-refractivity contribution < 1.29 is 38.4 Å². The number of ketones is 1. The number of aryl methyl sites for hydroxylation is 1. The first-order chi connectivity index (χ1) is 19.7. The molecule has 1 fully saturated rings. The molecule has 0 radical (unpaired) electrons. The highest BCUT2D eigenvalue weighted by Gasteiger charge is 2.24. The minimum absolute atomic E-state index is 0.00438. The van der Waals surface area contributed by atoms with Crippen LogP contribution >= 0.6 is 0 Å². The standard InChI is InChI=1S/C29H31FN4O7/c1-16-9-20-22(33-16)3-4-24(28(20)30)41-29-21-12-25(39-2)26(13-23(21)31-15-32-29)40-14-19(37)10-18(36)11-27(38)34-7-5-17(35)6-8-34/h3-4,9,12-13,15,18-19,33,36-37H,5-8,10-11,14H2,1-2H3. The molecule has 41 heavy (non-hydrogen) atoms. The van der Waals surface area contributed by atoms with Crippen molar-refractivity contribution in [1.82, 2.24) is 19.9 Å². The minimum Gasteiger partial charge on any atom is -0.493 e. The molecule has 3 heterocycles. The summed E-state index contributed by atoms with van der Waals surface area (Å²) < 4.78 is 32.2. The largest absolute Gasteiger partial charge is 0.493 e. The maximum atomic E-state index is 15.1. The lowest BCUT2D eigenvalue weighted by atomic mass is 10.1. The second kappa shape index (κ2) is 12.1. The van der Waals surface area contributed by atoms with Crippen LogP contribution in [-0.2, 0) is 9.59 Å². The van der Waals surface area contributed by atoms with E-state index in [9.17, 15) is 19.8 Å². The van der Waals surface area contributed by atoms with Gasteiger partial charge in [0.25, 0.3) is 0 Å². The number of hydrogen-bond acceptors (Lipinski definition) is 9. The van der Waals surface area contributed by atoms with Crippen LogP contribution < -0.4 is 14.2 Å². The zero-order valence-electron chi connectivity index (χ0n) is 22.7. The summed E-state index contributed by atoms with van der Waals surface area (Å²) in [7, 11) is 1.44. The number of amides is 1. The van der Waals surface area contributed by atoms with Crippen LogP contribution in [0, 0.1) is 12.7 Å². The first kappa shape index (κ1) is 28.2. The topological polar surface area (TPSA) is 147 Å². The molecule has 2 aromatic carbocycles. The van der Waals surface area contributed by atoms with E-state index in [0.29, 0.717) is 53.5 Å². The van der Waals surface area contributed by atoms with E-state index in [1.54, 1.807) is 29.2 Å². The van der Waals surface area contributed by atoms with E-state index >= 15 is 4.39 Å². The summed E-state index contributed by atoms with van der Waals surface area (Å²) in [5.41, 5.74) is 1.92. The highest BCUT2D eigenvalue weighted by Crippen LogP contribution is 2.37. The Bertz CT molecular complexity index is 1580. The van der Waals surface area contributed by atoms with E-state index in [-0.39, 0.29) is 48.5 Å². The van der Waals surface area contributed by atoms with E-state index in [2.05, 4.69) is 15.0 Å². The first-order valence-corrected chi connectivity index (χ1v) is 13.3. The summed E-state index contributed by atoms with van der Waals surface area (Å²) in [6, 6.07) is 8.13. The zero-order chi connectivity index (χ0) is 29.1. The third kappa shape index (κ3) is 6.39. The van der Waals surface area contributed by atoms with Gasteiger partial charge < -0.3 is 34.3 Å². The second-order valence-electron chi connectivity index (χ2n) is 10.1. The van der Waals surface area contributed by atoms with Gasteiger partial charge in [-0.1, -0.05) is 0 Å². The van der Waals surface area contributed by atoms with Gasteiger partial charge in [-0.3, -0.25) is 9.59 Å². The number of aliphatic hydroxyl groups excluding tert-OH is 2. The molecule has 1 aliphatic heterocycles. The summed E-state index contributed by atoms with van der Waals surface area (Å²) >= 11 is 0. The second-order valence-corrected chi connectivity index (χ2v) is 10.1. The molecule has 11 nitrogen and oxygen atoms in total. The number of fused-ring (bicyclic) bond motifs is 2. The number of nitrogens with one attached hydrogen (secondary N) is 1. The van der Waals surface area contributed by atoms with Crippen LogP contribution in [0.4, 0.5) is 4.39 Å². The third-order valence-electron chi connectivity index (χ3n) is 6.99. The number of piperidine rings is 1. The fraction of sp³-hybridized carbons (Fsp3) is 0.379. The Morgan fingerprint density at radius 1 is 1.07 bits per heavy atom. The number of aliphatic hydroxyl groups is 2. The smallest absolute Gasteiger partial charge is 0.230 e. The highest BCUT2D eigenvalue weighted by atomic mass is 19.1. The Kier molecular flexibility index (Phi) is 8.31. The molecular formula is C29H31FN4O7. The molecule has 216 valence electrons. The van der Waals surface area contributed by atoms with Crippen LogP contribution in [0.25, 0.3) is 21.8 Å². The van der Waals surface area contributed by atoms with Gasteiger partial charge in [0.15, 0.2) is 23.1 Å². The number of halogens is 1. The van der Waals surface area contributed by atoms with Crippen molar-refractivity contribution in [3.63, 3.8) is 0 Å². The predicted octanol–water partition coefficient (Wildman–Crippen LogP) is 3.43. The van der Waals surface area contributed by atoms with Crippen LogP contribution in [0.15, 0.2) is 36.7 Å². The average molecular weight is 567 g/mol. The zero-order valence-corrected chi connectivity index (χ0v) is 22.7. The molecule has 12 heteroatoms. The highest BCUT2D eigenvalue weighted by molar-refractivity contribution is 5.88. The number of aromatic amines is 1. The Morgan fingerprint density at radius 2 is 1.85 bits per heavy atom. The number of hydrogen-bond donors (Lipinski definition) is 3. The number of H-pyrrole nitrogens is 1. The molecule has 3 N–H and O–H groups in total. The van der Waals surface area contributed by atoms with E-state index in [4.69, 9.17) is 14.2 Å². The van der Waals surface area contributed by atoms with Crippen molar-refractivity contribution in [3.8, 4) is 23.1 Å². The summed E-state index contributed by atoms with van der Waals surface area (Å²) in [6.07, 6.45) is -0.438. The molecule has 2 unspecified atom stereocenters. The lowest BCUT2D eigenvalue weighted by molar-refractivity contribution is -0.136. The van der Waals surface area contributed by atoms with Crippen LogP contribution in [0.5, 0.6) is 23.1 Å². The molecule has 2 aromatic heterocycles. The number of rotatable bonds is 10. The number of aromatic nitrogens is 3. The van der Waals surface area contributed by atoms with Crippen LogP contribution in [0.1, 0.15) is 31.4 Å². The molecular weight excluding hydrogens is 535 g/mol. The number of Topliss-reactive ketones (excluding diaryl/α,β-unsaturated/α-hetero) is 1. The van der Waals surface area contributed by atoms with Gasteiger partial charge in [-0.05, 0) is 31.2 Å². The normalized spacial score (nSPS) is 15.2. The lowest BCUT2D eigenvalue weighted by Gasteiger charge is -2.27. The SMILES string of the molecule is COc1cc2c(Oc3ccc4[nH]c(C)cc4c3F)ncnc2cc1OCC(O)CC(O)CC(=O)N1CCC(=O)CC1. The van der Waals surface area contributed by atoms with Crippen LogP contribution in [-0.4, -0.2) is 80.8 Å². The summed E-state index contributed by atoms with van der Waals surface area (Å²) in [6.45, 7) is 2.37.